The Morgan fingerprint density at radius 1 is 0.788 bits per heavy atom. The number of hydrogen-bond acceptors (Lipinski definition) is 7. The fraction of sp³-hybridized carbons (Fsp3) is 0.171. The minimum Gasteiger partial charge on any atom is -0.489 e. The van der Waals surface area contributed by atoms with Gasteiger partial charge in [0.05, 0.1) is 5.56 Å². The molecule has 0 aromatic heterocycles. The van der Waals surface area contributed by atoms with Crippen molar-refractivity contribution in [2.75, 3.05) is 31.7 Å². The summed E-state index contributed by atoms with van der Waals surface area (Å²) in [5.41, 5.74) is 7.59. The molecule has 0 spiro atoms. The molecule has 6 N–H and O–H groups in total. The summed E-state index contributed by atoms with van der Waals surface area (Å²) < 4.78 is 17.5. The topological polar surface area (TPSA) is 165 Å². The van der Waals surface area contributed by atoms with E-state index in [1.807, 2.05) is 72.8 Å². The predicted octanol–water partition coefficient (Wildman–Crippen LogP) is 6.33. The van der Waals surface area contributed by atoms with Gasteiger partial charge in [0.1, 0.15) is 30.8 Å². The molecular weight excluding hydrogens is 658 g/mol. The Morgan fingerprint density at radius 3 is 2.06 bits per heavy atom. The van der Waals surface area contributed by atoms with Crippen molar-refractivity contribution in [1.29, 1.82) is 5.41 Å². The molecule has 2 amide bonds. The van der Waals surface area contributed by atoms with Crippen LogP contribution >= 0.6 is 0 Å². The highest BCUT2D eigenvalue weighted by molar-refractivity contribution is 6.10. The maximum atomic E-state index is 13.5. The molecule has 0 unspecified atom stereocenters. The summed E-state index contributed by atoms with van der Waals surface area (Å²) in [7, 11) is 0. The van der Waals surface area contributed by atoms with E-state index in [0.717, 1.165) is 32.7 Å². The number of amides is 2. The Bertz CT molecular complexity index is 2110. The van der Waals surface area contributed by atoms with E-state index in [2.05, 4.69) is 29.1 Å². The highest BCUT2D eigenvalue weighted by Crippen LogP contribution is 2.45. The molecule has 0 radical (unpaired) electrons. The van der Waals surface area contributed by atoms with Gasteiger partial charge in [0.15, 0.2) is 12.6 Å². The largest absolute Gasteiger partial charge is 0.489 e. The Morgan fingerprint density at radius 2 is 1.42 bits per heavy atom. The molecule has 5 rings (SSSR count). The van der Waals surface area contributed by atoms with E-state index < -0.39 is 23.8 Å². The standard InChI is InChI=1S/C41H41N5O6/c1-3-23-50-34-20-18-27-11-5-7-15-31(27)37(34)38-32-16-8-6-12-28(32)19-21-35(38)52-26-36(47)46-33(17-10-22-44-41(42)43)39(48)45-30-14-9-13-29(25-30)40(49)51-24-4-2/h3-9,11-16,18-21,25,33H,1-2,10,17,22-24,26H2,(H,45,48)(H,46,47)(H4,42,43,44)/t33-/m1/s1. The number of rotatable bonds is 17. The van der Waals surface area contributed by atoms with Crippen LogP contribution in [0.1, 0.15) is 23.2 Å². The lowest BCUT2D eigenvalue weighted by Crippen LogP contribution is -2.46. The second-order valence-electron chi connectivity index (χ2n) is 11.8. The van der Waals surface area contributed by atoms with E-state index in [-0.39, 0.29) is 31.2 Å². The van der Waals surface area contributed by atoms with Crippen LogP contribution in [0.3, 0.4) is 0 Å². The molecule has 5 aromatic rings. The summed E-state index contributed by atoms with van der Waals surface area (Å²) in [6.45, 7) is 7.62. The van der Waals surface area contributed by atoms with Crippen molar-refractivity contribution in [3.8, 4) is 22.6 Å². The Kier molecular flexibility index (Phi) is 12.6. The van der Waals surface area contributed by atoms with Gasteiger partial charge in [-0.1, -0.05) is 92.0 Å². The van der Waals surface area contributed by atoms with E-state index in [0.29, 0.717) is 36.8 Å². The minimum atomic E-state index is -0.978. The van der Waals surface area contributed by atoms with Crippen LogP contribution in [0.25, 0.3) is 32.7 Å². The molecule has 0 saturated carbocycles. The summed E-state index contributed by atoms with van der Waals surface area (Å²) in [4.78, 5) is 39.4. The number of nitrogens with two attached hydrogens (primary N) is 1. The number of ether oxygens (including phenoxy) is 3. The summed E-state index contributed by atoms with van der Waals surface area (Å²) in [6.07, 6.45) is 3.78. The van der Waals surface area contributed by atoms with Crippen molar-refractivity contribution in [3.05, 3.63) is 128 Å². The number of esters is 1. The second-order valence-corrected chi connectivity index (χ2v) is 11.8. The van der Waals surface area contributed by atoms with Crippen LogP contribution in [-0.4, -0.2) is 56.2 Å². The third-order valence-electron chi connectivity index (χ3n) is 8.08. The van der Waals surface area contributed by atoms with E-state index >= 15 is 0 Å². The molecular formula is C41H41N5O6. The molecule has 0 aliphatic heterocycles. The first-order valence-electron chi connectivity index (χ1n) is 16.8. The lowest BCUT2D eigenvalue weighted by molar-refractivity contribution is -0.128. The van der Waals surface area contributed by atoms with Crippen molar-refractivity contribution < 1.29 is 28.6 Å². The number of fused-ring (bicyclic) bond motifs is 2. The Balaban J connectivity index is 1.40. The van der Waals surface area contributed by atoms with Crippen LogP contribution in [0.2, 0.25) is 0 Å². The van der Waals surface area contributed by atoms with Crippen LogP contribution < -0.4 is 31.2 Å². The zero-order valence-corrected chi connectivity index (χ0v) is 28.7. The second kappa shape index (κ2) is 17.9. The van der Waals surface area contributed by atoms with E-state index in [1.165, 1.54) is 12.1 Å². The van der Waals surface area contributed by atoms with Crippen LogP contribution in [0.5, 0.6) is 11.5 Å². The average molecular weight is 700 g/mol. The third kappa shape index (κ3) is 9.33. The molecule has 0 aliphatic rings. The van der Waals surface area contributed by atoms with Crippen LogP contribution in [0.15, 0.2) is 122 Å². The van der Waals surface area contributed by atoms with Gasteiger partial charge in [-0.2, -0.15) is 0 Å². The van der Waals surface area contributed by atoms with Gasteiger partial charge in [-0.25, -0.2) is 4.79 Å². The number of carbonyl (C=O) groups excluding carboxylic acids is 3. The van der Waals surface area contributed by atoms with Gasteiger partial charge in [-0.3, -0.25) is 15.0 Å². The predicted molar refractivity (Wildman–Crippen MR) is 205 cm³/mol. The fourth-order valence-corrected chi connectivity index (χ4v) is 5.76. The number of hydrogen-bond donors (Lipinski definition) is 5. The van der Waals surface area contributed by atoms with Crippen molar-refractivity contribution in [1.82, 2.24) is 10.6 Å². The molecule has 5 aromatic carbocycles. The maximum absolute atomic E-state index is 13.5. The number of anilines is 1. The molecule has 0 fully saturated rings. The van der Waals surface area contributed by atoms with Crippen molar-refractivity contribution in [3.63, 3.8) is 0 Å². The first-order valence-corrected chi connectivity index (χ1v) is 16.8. The number of guanidine groups is 1. The number of nitrogens with one attached hydrogen (secondary N) is 4. The molecule has 0 heterocycles. The molecule has 11 nitrogen and oxygen atoms in total. The van der Waals surface area contributed by atoms with Gasteiger partial charge >= 0.3 is 5.97 Å². The Hall–Kier alpha value is -6.62. The maximum Gasteiger partial charge on any atom is 0.338 e. The van der Waals surface area contributed by atoms with Gasteiger partial charge in [0, 0.05) is 23.4 Å². The zero-order chi connectivity index (χ0) is 36.9. The normalized spacial score (nSPS) is 11.2. The highest BCUT2D eigenvalue weighted by Gasteiger charge is 2.23. The molecule has 0 saturated heterocycles. The highest BCUT2D eigenvalue weighted by atomic mass is 16.5. The number of benzene rings is 5. The van der Waals surface area contributed by atoms with Gasteiger partial charge in [-0.05, 0) is 64.7 Å². The SMILES string of the molecule is C=CCOC(=O)c1cccc(NC(=O)[C@@H](CCCNC(=N)N)NC(=O)COc2ccc3ccccc3c2-c2c(OCC=C)ccc3ccccc23)c1. The van der Waals surface area contributed by atoms with E-state index in [4.69, 9.17) is 25.4 Å². The summed E-state index contributed by atoms with van der Waals surface area (Å²) in [6, 6.07) is 28.9. The third-order valence-corrected chi connectivity index (χ3v) is 8.08. The van der Waals surface area contributed by atoms with Crippen molar-refractivity contribution in [2.24, 2.45) is 5.73 Å². The molecule has 0 bridgehead atoms. The lowest BCUT2D eigenvalue weighted by Gasteiger charge is -2.21. The first-order chi connectivity index (χ1) is 25.3. The van der Waals surface area contributed by atoms with E-state index in [9.17, 15) is 14.4 Å². The van der Waals surface area contributed by atoms with Crippen LogP contribution in [0.4, 0.5) is 5.69 Å². The van der Waals surface area contributed by atoms with Crippen molar-refractivity contribution >= 4 is 51.0 Å². The zero-order valence-electron chi connectivity index (χ0n) is 28.7. The van der Waals surface area contributed by atoms with Crippen LogP contribution in [-0.2, 0) is 14.3 Å². The summed E-state index contributed by atoms with van der Waals surface area (Å²) >= 11 is 0. The monoisotopic (exact) mass is 699 g/mol. The van der Waals surface area contributed by atoms with Crippen molar-refractivity contribution in [2.45, 2.75) is 18.9 Å². The molecule has 52 heavy (non-hydrogen) atoms. The summed E-state index contributed by atoms with van der Waals surface area (Å²) in [5.74, 6) is -0.697. The molecule has 11 heteroatoms. The quantitative estimate of drug-likeness (QED) is 0.0247. The summed E-state index contributed by atoms with van der Waals surface area (Å²) in [5, 5.41) is 19.6. The van der Waals surface area contributed by atoms with Gasteiger partial charge in [0.25, 0.3) is 5.91 Å². The first kappa shape index (κ1) is 36.7. The fourth-order valence-electron chi connectivity index (χ4n) is 5.76. The molecule has 1 atom stereocenters. The van der Waals surface area contributed by atoms with Crippen LogP contribution in [0, 0.1) is 5.41 Å². The van der Waals surface area contributed by atoms with Gasteiger partial charge < -0.3 is 35.9 Å². The smallest absolute Gasteiger partial charge is 0.338 e. The Labute approximate surface area is 302 Å². The van der Waals surface area contributed by atoms with E-state index in [1.54, 1.807) is 24.3 Å². The number of carbonyl (C=O) groups is 3. The lowest BCUT2D eigenvalue weighted by atomic mass is 9.92. The van der Waals surface area contributed by atoms with Gasteiger partial charge in [0.2, 0.25) is 5.91 Å². The molecule has 266 valence electrons. The molecule has 0 aliphatic carbocycles. The van der Waals surface area contributed by atoms with Gasteiger partial charge in [-0.15, -0.1) is 0 Å². The minimum absolute atomic E-state index is 0.0484. The average Bonchev–Trinajstić information content (AvgIpc) is 3.16.